The van der Waals surface area contributed by atoms with Crippen molar-refractivity contribution in [2.75, 3.05) is 27.7 Å². The summed E-state index contributed by atoms with van der Waals surface area (Å²) in [6, 6.07) is 0. The number of carbonyl (C=O) groups excluding carboxylic acids is 2. The van der Waals surface area contributed by atoms with E-state index in [0.29, 0.717) is 11.0 Å². The summed E-state index contributed by atoms with van der Waals surface area (Å²) in [4.78, 5) is 22.2. The zero-order valence-corrected chi connectivity index (χ0v) is 11.2. The summed E-state index contributed by atoms with van der Waals surface area (Å²) in [6.07, 6.45) is 1.50. The fraction of sp³-hybridized carbons (Fsp3) is 0.455. The lowest BCUT2D eigenvalue weighted by atomic mass is 10.4. The van der Waals surface area contributed by atoms with E-state index in [1.54, 1.807) is 0 Å². The minimum Gasteiger partial charge on any atom is -1.00 e. The molecule has 0 heterocycles. The van der Waals surface area contributed by atoms with Crippen molar-refractivity contribution in [3.63, 3.8) is 0 Å². The normalized spacial score (nSPS) is 11.7. The van der Waals surface area contributed by atoms with Crippen LogP contribution in [0.4, 0.5) is 0 Å². The molecule has 0 aromatic carbocycles. The molecule has 1 N–H and O–H groups in total. The molecule has 0 aliphatic rings. The number of halogens is 1. The number of esters is 1. The number of likely N-dealkylation sites (N-methyl/N-ethyl adjacent to an activating group) is 1. The minimum absolute atomic E-state index is 0. The van der Waals surface area contributed by atoms with Gasteiger partial charge in [0.15, 0.2) is 0 Å². The fourth-order valence-corrected chi connectivity index (χ4v) is 1.02. The van der Waals surface area contributed by atoms with Gasteiger partial charge >= 0.3 is 5.97 Å². The molecule has 0 saturated heterocycles. The summed E-state index contributed by atoms with van der Waals surface area (Å²) < 4.78 is 5.54. The van der Waals surface area contributed by atoms with Crippen molar-refractivity contribution >= 4 is 11.9 Å². The van der Waals surface area contributed by atoms with Crippen molar-refractivity contribution in [2.45, 2.75) is 6.23 Å². The second kappa shape index (κ2) is 7.86. The third-order valence-electron chi connectivity index (χ3n) is 1.63. The molecule has 0 aromatic heterocycles. The third-order valence-corrected chi connectivity index (χ3v) is 1.63. The molecule has 0 spiro atoms. The van der Waals surface area contributed by atoms with E-state index < -0.39 is 12.2 Å². The van der Waals surface area contributed by atoms with Crippen molar-refractivity contribution in [3.05, 3.63) is 25.3 Å². The first kappa shape index (κ1) is 18.0. The van der Waals surface area contributed by atoms with Gasteiger partial charge in [0.25, 0.3) is 0 Å². The number of quaternary nitrogens is 1. The molecular formula is C11H19ClN2O3. The first-order valence-electron chi connectivity index (χ1n) is 4.85. The Balaban J connectivity index is 0. The van der Waals surface area contributed by atoms with Crippen LogP contribution in [0.2, 0.25) is 0 Å². The second-order valence-electron chi connectivity index (χ2n) is 4.32. The number of rotatable bonds is 6. The largest absolute Gasteiger partial charge is 1.00 e. The summed E-state index contributed by atoms with van der Waals surface area (Å²) in [6.45, 7) is 7.09. The predicted molar refractivity (Wildman–Crippen MR) is 61.3 cm³/mol. The zero-order valence-electron chi connectivity index (χ0n) is 10.4. The van der Waals surface area contributed by atoms with Crippen LogP contribution in [0.1, 0.15) is 0 Å². The summed E-state index contributed by atoms with van der Waals surface area (Å²) >= 11 is 0. The molecule has 0 aliphatic heterocycles. The first-order valence-corrected chi connectivity index (χ1v) is 4.85. The van der Waals surface area contributed by atoms with Crippen LogP contribution < -0.4 is 17.7 Å². The van der Waals surface area contributed by atoms with E-state index in [2.05, 4.69) is 18.5 Å². The molecule has 1 unspecified atom stereocenters. The highest BCUT2D eigenvalue weighted by molar-refractivity contribution is 5.87. The Bertz CT molecular complexity index is 276. The molecular weight excluding hydrogens is 244 g/mol. The predicted octanol–water partition coefficient (Wildman–Crippen LogP) is -2.95. The standard InChI is InChI=1S/C11H18N2O3.ClH/c1-6-9(14)12-10(8-13(3,4)5)16-11(15)7-2;/h6-7,10H,1-2,8H2,3-5H3;1H. The quantitative estimate of drug-likeness (QED) is 0.241. The summed E-state index contributed by atoms with van der Waals surface area (Å²) in [7, 11) is 5.78. The number of amides is 1. The van der Waals surface area contributed by atoms with Crippen LogP contribution in [0.3, 0.4) is 0 Å². The number of nitrogens with zero attached hydrogens (tertiary/aromatic N) is 1. The van der Waals surface area contributed by atoms with E-state index in [0.717, 1.165) is 12.2 Å². The van der Waals surface area contributed by atoms with E-state index in [9.17, 15) is 9.59 Å². The molecule has 98 valence electrons. The topological polar surface area (TPSA) is 55.4 Å². The molecule has 5 nitrogen and oxygen atoms in total. The highest BCUT2D eigenvalue weighted by atomic mass is 35.5. The van der Waals surface area contributed by atoms with Gasteiger partial charge in [-0.2, -0.15) is 0 Å². The second-order valence-corrected chi connectivity index (χ2v) is 4.32. The lowest BCUT2D eigenvalue weighted by Gasteiger charge is -2.28. The summed E-state index contributed by atoms with van der Waals surface area (Å²) in [5, 5.41) is 2.52. The Labute approximate surface area is 108 Å². The maximum Gasteiger partial charge on any atom is 0.332 e. The molecule has 17 heavy (non-hydrogen) atoms. The number of ether oxygens (including phenoxy) is 1. The van der Waals surface area contributed by atoms with Gasteiger partial charge in [0.1, 0.15) is 6.54 Å². The average Bonchev–Trinajstić information content (AvgIpc) is 2.14. The molecule has 1 amide bonds. The van der Waals surface area contributed by atoms with Gasteiger partial charge in [0.05, 0.1) is 21.1 Å². The van der Waals surface area contributed by atoms with Crippen molar-refractivity contribution in [2.24, 2.45) is 0 Å². The van der Waals surface area contributed by atoms with E-state index in [-0.39, 0.29) is 18.3 Å². The molecule has 0 aromatic rings. The van der Waals surface area contributed by atoms with Crippen molar-refractivity contribution < 1.29 is 31.2 Å². The molecule has 0 radical (unpaired) electrons. The maximum atomic E-state index is 11.1. The Hall–Kier alpha value is -1.33. The smallest absolute Gasteiger partial charge is 0.332 e. The Morgan fingerprint density at radius 3 is 2.18 bits per heavy atom. The lowest BCUT2D eigenvalue weighted by Crippen LogP contribution is -3.00. The Morgan fingerprint density at radius 2 is 1.82 bits per heavy atom. The molecule has 1 atom stereocenters. The van der Waals surface area contributed by atoms with E-state index in [1.165, 1.54) is 0 Å². The van der Waals surface area contributed by atoms with Crippen LogP contribution >= 0.6 is 0 Å². The van der Waals surface area contributed by atoms with Crippen molar-refractivity contribution in [1.82, 2.24) is 5.32 Å². The minimum atomic E-state index is -0.684. The van der Waals surface area contributed by atoms with Crippen LogP contribution in [0.5, 0.6) is 0 Å². The molecule has 0 aliphatic carbocycles. The highest BCUT2D eigenvalue weighted by Crippen LogP contribution is 1.98. The SMILES string of the molecule is C=CC(=O)NC(C[N+](C)(C)C)OC(=O)C=C.[Cl-]. The van der Waals surface area contributed by atoms with Gasteiger partial charge in [-0.25, -0.2) is 4.79 Å². The van der Waals surface area contributed by atoms with Gasteiger partial charge in [-0.3, -0.25) is 4.79 Å². The van der Waals surface area contributed by atoms with Crippen molar-refractivity contribution in [3.8, 4) is 0 Å². The molecule has 0 fully saturated rings. The number of nitrogens with one attached hydrogen (secondary N) is 1. The number of hydrogen-bond donors (Lipinski definition) is 1. The molecule has 6 heteroatoms. The maximum absolute atomic E-state index is 11.1. The monoisotopic (exact) mass is 262 g/mol. The van der Waals surface area contributed by atoms with Crippen LogP contribution in [0.15, 0.2) is 25.3 Å². The molecule has 0 saturated carbocycles. The van der Waals surface area contributed by atoms with E-state index >= 15 is 0 Å². The van der Waals surface area contributed by atoms with Gasteiger partial charge in [0, 0.05) is 6.08 Å². The lowest BCUT2D eigenvalue weighted by molar-refractivity contribution is -0.873. The number of hydrogen-bond acceptors (Lipinski definition) is 3. The zero-order chi connectivity index (χ0) is 12.8. The van der Waals surface area contributed by atoms with E-state index in [1.807, 2.05) is 21.1 Å². The van der Waals surface area contributed by atoms with Gasteiger partial charge in [0.2, 0.25) is 12.1 Å². The van der Waals surface area contributed by atoms with Gasteiger partial charge in [-0.15, -0.1) is 0 Å². The molecule has 0 bridgehead atoms. The summed E-state index contributed by atoms with van der Waals surface area (Å²) in [5.74, 6) is -0.946. The van der Waals surface area contributed by atoms with Crippen LogP contribution in [0, 0.1) is 0 Å². The van der Waals surface area contributed by atoms with Crippen LogP contribution in [-0.2, 0) is 14.3 Å². The van der Waals surface area contributed by atoms with Crippen molar-refractivity contribution in [1.29, 1.82) is 0 Å². The molecule has 0 rings (SSSR count). The fourth-order valence-electron chi connectivity index (χ4n) is 1.02. The third kappa shape index (κ3) is 9.59. The summed E-state index contributed by atoms with van der Waals surface area (Å²) in [5.41, 5.74) is 0. The highest BCUT2D eigenvalue weighted by Gasteiger charge is 2.22. The Kier molecular flexibility index (Phi) is 8.35. The van der Waals surface area contributed by atoms with Crippen LogP contribution in [-0.4, -0.2) is 50.3 Å². The average molecular weight is 263 g/mol. The van der Waals surface area contributed by atoms with E-state index in [4.69, 9.17) is 4.74 Å². The number of carbonyl (C=O) groups is 2. The van der Waals surface area contributed by atoms with Gasteiger partial charge in [-0.1, -0.05) is 13.2 Å². The Morgan fingerprint density at radius 1 is 1.29 bits per heavy atom. The van der Waals surface area contributed by atoms with Crippen LogP contribution in [0.25, 0.3) is 0 Å². The first-order chi connectivity index (χ1) is 7.28. The van der Waals surface area contributed by atoms with Gasteiger partial charge in [-0.05, 0) is 6.08 Å². The van der Waals surface area contributed by atoms with Gasteiger partial charge < -0.3 is 26.9 Å².